The molecule has 0 atom stereocenters. The molecular formula is C10H10ClF2N. The van der Waals surface area contributed by atoms with Gasteiger partial charge in [0.1, 0.15) is 0 Å². The van der Waals surface area contributed by atoms with Crippen LogP contribution in [0.4, 0.5) is 14.5 Å². The van der Waals surface area contributed by atoms with Crippen LogP contribution in [0.1, 0.15) is 12.8 Å². The van der Waals surface area contributed by atoms with Gasteiger partial charge in [0.05, 0.1) is 10.7 Å². The van der Waals surface area contributed by atoms with Gasteiger partial charge in [-0.05, 0) is 24.8 Å². The van der Waals surface area contributed by atoms with Gasteiger partial charge in [-0.25, -0.2) is 8.78 Å². The summed E-state index contributed by atoms with van der Waals surface area (Å²) in [6, 6.07) is 2.09. The molecule has 1 N–H and O–H groups in total. The number of anilines is 1. The molecular weight excluding hydrogens is 208 g/mol. The molecule has 1 nitrogen and oxygen atoms in total. The summed E-state index contributed by atoms with van der Waals surface area (Å²) in [5.41, 5.74) is 0.470. The van der Waals surface area contributed by atoms with E-state index in [0.717, 1.165) is 18.7 Å². The smallest absolute Gasteiger partial charge is 0.160 e. The fraction of sp³-hybridized carbons (Fsp3) is 0.400. The number of nitrogens with one attached hydrogen (secondary N) is 1. The Labute approximate surface area is 86.1 Å². The summed E-state index contributed by atoms with van der Waals surface area (Å²) in [7, 11) is 0. The van der Waals surface area contributed by atoms with Crippen molar-refractivity contribution in [1.29, 1.82) is 0 Å². The zero-order valence-electron chi connectivity index (χ0n) is 7.49. The van der Waals surface area contributed by atoms with Gasteiger partial charge >= 0.3 is 0 Å². The molecule has 2 rings (SSSR count). The molecule has 0 aliphatic heterocycles. The Kier molecular flexibility index (Phi) is 2.59. The Morgan fingerprint density at radius 2 is 1.93 bits per heavy atom. The topological polar surface area (TPSA) is 12.0 Å². The van der Waals surface area contributed by atoms with Gasteiger partial charge in [-0.1, -0.05) is 11.6 Å². The van der Waals surface area contributed by atoms with Crippen LogP contribution in [0.3, 0.4) is 0 Å². The van der Waals surface area contributed by atoms with E-state index in [-0.39, 0.29) is 5.02 Å². The van der Waals surface area contributed by atoms with Crippen molar-refractivity contribution >= 4 is 17.3 Å². The maximum atomic E-state index is 12.8. The summed E-state index contributed by atoms with van der Waals surface area (Å²) < 4.78 is 25.5. The second-order valence-electron chi connectivity index (χ2n) is 3.57. The molecule has 1 saturated carbocycles. The molecule has 0 heterocycles. The lowest BCUT2D eigenvalue weighted by atomic mass is 10.3. The van der Waals surface area contributed by atoms with Crippen molar-refractivity contribution in [3.8, 4) is 0 Å². The second-order valence-corrected chi connectivity index (χ2v) is 3.98. The normalized spacial score (nSPS) is 15.6. The van der Waals surface area contributed by atoms with Crippen molar-refractivity contribution in [1.82, 2.24) is 0 Å². The first-order valence-corrected chi connectivity index (χ1v) is 4.93. The predicted molar refractivity (Wildman–Crippen MR) is 52.6 cm³/mol. The summed E-state index contributed by atoms with van der Waals surface area (Å²) in [6.07, 6.45) is 2.41. The van der Waals surface area contributed by atoms with Crippen LogP contribution >= 0.6 is 11.6 Å². The van der Waals surface area contributed by atoms with E-state index >= 15 is 0 Å². The molecule has 4 heteroatoms. The molecule has 0 amide bonds. The third-order valence-corrected chi connectivity index (χ3v) is 2.60. The summed E-state index contributed by atoms with van der Waals surface area (Å²) in [5, 5.41) is 3.23. The van der Waals surface area contributed by atoms with Crippen molar-refractivity contribution in [2.45, 2.75) is 12.8 Å². The highest BCUT2D eigenvalue weighted by atomic mass is 35.5. The molecule has 0 spiro atoms. The average Bonchev–Trinajstić information content (AvgIpc) is 2.92. The summed E-state index contributed by atoms with van der Waals surface area (Å²) in [5.74, 6) is -1.11. The van der Waals surface area contributed by atoms with Crippen molar-refractivity contribution < 1.29 is 8.78 Å². The van der Waals surface area contributed by atoms with Gasteiger partial charge in [0.2, 0.25) is 0 Å². The summed E-state index contributed by atoms with van der Waals surface area (Å²) >= 11 is 5.74. The Bertz CT molecular complexity index is 350. The molecule has 1 fully saturated rings. The van der Waals surface area contributed by atoms with Crippen LogP contribution < -0.4 is 5.32 Å². The second kappa shape index (κ2) is 3.73. The minimum Gasteiger partial charge on any atom is -0.383 e. The van der Waals surface area contributed by atoms with Crippen LogP contribution in [0.15, 0.2) is 12.1 Å². The van der Waals surface area contributed by atoms with Crippen LogP contribution in [0.2, 0.25) is 5.02 Å². The van der Waals surface area contributed by atoms with Gasteiger partial charge in [0, 0.05) is 12.6 Å². The third kappa shape index (κ3) is 2.15. The fourth-order valence-corrected chi connectivity index (χ4v) is 1.45. The Balaban J connectivity index is 2.10. The van der Waals surface area contributed by atoms with Gasteiger partial charge in [-0.3, -0.25) is 0 Å². The summed E-state index contributed by atoms with van der Waals surface area (Å²) in [4.78, 5) is 0. The van der Waals surface area contributed by atoms with Crippen LogP contribution in [0.25, 0.3) is 0 Å². The highest BCUT2D eigenvalue weighted by Gasteiger charge is 2.21. The van der Waals surface area contributed by atoms with Gasteiger partial charge < -0.3 is 5.32 Å². The minimum atomic E-state index is -0.910. The van der Waals surface area contributed by atoms with Gasteiger partial charge in [-0.2, -0.15) is 0 Å². The molecule has 1 aromatic rings. The molecule has 1 aliphatic rings. The maximum absolute atomic E-state index is 12.8. The van der Waals surface area contributed by atoms with E-state index in [4.69, 9.17) is 11.6 Å². The number of halogens is 3. The number of hydrogen-bond acceptors (Lipinski definition) is 1. The lowest BCUT2D eigenvalue weighted by molar-refractivity contribution is 0.509. The van der Waals surface area contributed by atoms with Crippen molar-refractivity contribution in [2.75, 3.05) is 11.9 Å². The lowest BCUT2D eigenvalue weighted by Gasteiger charge is -2.07. The van der Waals surface area contributed by atoms with Crippen LogP contribution in [0.5, 0.6) is 0 Å². The van der Waals surface area contributed by atoms with E-state index in [1.165, 1.54) is 12.8 Å². The number of hydrogen-bond donors (Lipinski definition) is 1. The third-order valence-electron chi connectivity index (χ3n) is 2.29. The van der Waals surface area contributed by atoms with E-state index in [1.54, 1.807) is 0 Å². The minimum absolute atomic E-state index is 0.226. The molecule has 0 unspecified atom stereocenters. The van der Waals surface area contributed by atoms with Gasteiger partial charge in [0.25, 0.3) is 0 Å². The van der Waals surface area contributed by atoms with E-state index in [1.807, 2.05) is 0 Å². The predicted octanol–water partition coefficient (Wildman–Crippen LogP) is 3.44. The van der Waals surface area contributed by atoms with E-state index in [2.05, 4.69) is 5.32 Å². The standard InChI is InChI=1S/C10H10ClF2N/c11-7-3-8(12)9(13)4-10(7)14-5-6-1-2-6/h3-4,6,14H,1-2,5H2. The highest BCUT2D eigenvalue weighted by Crippen LogP contribution is 2.31. The zero-order valence-corrected chi connectivity index (χ0v) is 8.24. The monoisotopic (exact) mass is 217 g/mol. The SMILES string of the molecule is Fc1cc(Cl)c(NCC2CC2)cc1F. The first-order valence-electron chi connectivity index (χ1n) is 4.55. The molecule has 0 saturated heterocycles. The van der Waals surface area contributed by atoms with Crippen LogP contribution in [0, 0.1) is 17.6 Å². The van der Waals surface area contributed by atoms with E-state index < -0.39 is 11.6 Å². The molecule has 1 aliphatic carbocycles. The molecule has 0 radical (unpaired) electrons. The van der Waals surface area contributed by atoms with E-state index in [9.17, 15) is 8.78 Å². The molecule has 14 heavy (non-hydrogen) atoms. The van der Waals surface area contributed by atoms with E-state index in [0.29, 0.717) is 11.6 Å². The van der Waals surface area contributed by atoms with Crippen LogP contribution in [-0.2, 0) is 0 Å². The number of benzene rings is 1. The van der Waals surface area contributed by atoms with Crippen molar-refractivity contribution in [3.05, 3.63) is 28.8 Å². The molecule has 1 aromatic carbocycles. The zero-order chi connectivity index (χ0) is 10.1. The van der Waals surface area contributed by atoms with Gasteiger partial charge in [-0.15, -0.1) is 0 Å². The number of rotatable bonds is 3. The van der Waals surface area contributed by atoms with Crippen molar-refractivity contribution in [3.63, 3.8) is 0 Å². The molecule has 0 aromatic heterocycles. The first-order chi connectivity index (χ1) is 6.66. The fourth-order valence-electron chi connectivity index (χ4n) is 1.23. The Morgan fingerprint density at radius 1 is 1.29 bits per heavy atom. The highest BCUT2D eigenvalue weighted by molar-refractivity contribution is 6.33. The molecule has 0 bridgehead atoms. The largest absolute Gasteiger partial charge is 0.383 e. The maximum Gasteiger partial charge on any atom is 0.160 e. The molecule has 76 valence electrons. The summed E-state index contributed by atoms with van der Waals surface area (Å²) in [6.45, 7) is 0.783. The van der Waals surface area contributed by atoms with Crippen LogP contribution in [-0.4, -0.2) is 6.54 Å². The average molecular weight is 218 g/mol. The van der Waals surface area contributed by atoms with Crippen molar-refractivity contribution in [2.24, 2.45) is 5.92 Å². The quantitative estimate of drug-likeness (QED) is 0.765. The Hall–Kier alpha value is -0.830. The van der Waals surface area contributed by atoms with Gasteiger partial charge in [0.15, 0.2) is 11.6 Å². The Morgan fingerprint density at radius 3 is 2.57 bits per heavy atom. The first kappa shape index (κ1) is 9.71. The lowest BCUT2D eigenvalue weighted by Crippen LogP contribution is -2.04.